The number of aryl methyl sites for hydroxylation is 2. The van der Waals surface area contributed by atoms with Crippen LogP contribution in [0.4, 0.5) is 5.69 Å². The fourth-order valence-corrected chi connectivity index (χ4v) is 2.15. The molecule has 0 saturated carbocycles. The molecule has 0 atom stereocenters. The average Bonchev–Trinajstić information content (AvgIpc) is 2.36. The molecule has 0 fully saturated rings. The van der Waals surface area contributed by atoms with Gasteiger partial charge in [0.05, 0.1) is 0 Å². The summed E-state index contributed by atoms with van der Waals surface area (Å²) in [4.78, 5) is 18.1. The van der Waals surface area contributed by atoms with E-state index in [0.717, 1.165) is 16.9 Å². The van der Waals surface area contributed by atoms with E-state index in [0.29, 0.717) is 10.7 Å². The van der Waals surface area contributed by atoms with E-state index in [1.807, 2.05) is 38.1 Å². The van der Waals surface area contributed by atoms with Crippen LogP contribution in [0.2, 0.25) is 5.15 Å². The highest BCUT2D eigenvalue weighted by Crippen LogP contribution is 2.18. The Morgan fingerprint density at radius 1 is 1.21 bits per heavy atom. The molecule has 0 spiro atoms. The van der Waals surface area contributed by atoms with E-state index in [4.69, 9.17) is 11.6 Å². The summed E-state index contributed by atoms with van der Waals surface area (Å²) in [6.07, 6.45) is 0. The van der Waals surface area contributed by atoms with E-state index in [2.05, 4.69) is 4.98 Å². The van der Waals surface area contributed by atoms with Crippen LogP contribution >= 0.6 is 11.6 Å². The van der Waals surface area contributed by atoms with Crippen LogP contribution in [0.5, 0.6) is 0 Å². The highest BCUT2D eigenvalue weighted by atomic mass is 35.5. The molecule has 1 aromatic heterocycles. The molecular formula is C15H15ClN2O. The van der Waals surface area contributed by atoms with Crippen molar-refractivity contribution in [1.82, 2.24) is 4.98 Å². The van der Waals surface area contributed by atoms with Gasteiger partial charge in [-0.05, 0) is 43.7 Å². The summed E-state index contributed by atoms with van der Waals surface area (Å²) in [5.74, 6) is -0.0991. The normalized spacial score (nSPS) is 10.3. The fourth-order valence-electron chi connectivity index (χ4n) is 1.90. The summed E-state index contributed by atoms with van der Waals surface area (Å²) >= 11 is 5.89. The second-order valence-corrected chi connectivity index (χ2v) is 4.91. The van der Waals surface area contributed by atoms with E-state index < -0.39 is 0 Å². The molecule has 4 heteroatoms. The number of hydrogen-bond acceptors (Lipinski definition) is 2. The fraction of sp³-hybridized carbons (Fsp3) is 0.200. The highest BCUT2D eigenvalue weighted by Gasteiger charge is 2.14. The molecule has 2 rings (SSSR count). The van der Waals surface area contributed by atoms with Gasteiger partial charge in [0.2, 0.25) is 0 Å². The van der Waals surface area contributed by atoms with Crippen LogP contribution in [-0.2, 0) is 0 Å². The van der Waals surface area contributed by atoms with Crippen molar-refractivity contribution >= 4 is 23.2 Å². The first-order valence-corrected chi connectivity index (χ1v) is 6.34. The number of nitrogens with zero attached hydrogens (tertiary/aromatic N) is 2. The lowest BCUT2D eigenvalue weighted by Crippen LogP contribution is -2.26. The van der Waals surface area contributed by atoms with E-state index in [9.17, 15) is 4.79 Å². The predicted octanol–water partition coefficient (Wildman–Crippen LogP) is 3.63. The quantitative estimate of drug-likeness (QED) is 0.784. The van der Waals surface area contributed by atoms with E-state index >= 15 is 0 Å². The minimum absolute atomic E-state index is 0.0991. The van der Waals surface area contributed by atoms with Gasteiger partial charge in [0.1, 0.15) is 5.15 Å². The van der Waals surface area contributed by atoms with E-state index in [-0.39, 0.29) is 5.91 Å². The molecule has 98 valence electrons. The van der Waals surface area contributed by atoms with Gasteiger partial charge in [-0.2, -0.15) is 0 Å². The largest absolute Gasteiger partial charge is 0.311 e. The lowest BCUT2D eigenvalue weighted by molar-refractivity contribution is 0.0993. The Labute approximate surface area is 117 Å². The van der Waals surface area contributed by atoms with Gasteiger partial charge in [-0.25, -0.2) is 4.98 Å². The average molecular weight is 275 g/mol. The molecule has 0 bridgehead atoms. The SMILES string of the molecule is Cc1cccc(N(C)C(=O)c2cc(C)nc(Cl)c2)c1. The molecular weight excluding hydrogens is 260 g/mol. The standard InChI is InChI=1S/C15H15ClN2O/c1-10-5-4-6-13(7-10)18(3)15(19)12-8-11(2)17-14(16)9-12/h4-9H,1-3H3. The van der Waals surface area contributed by atoms with Gasteiger partial charge in [0, 0.05) is 24.0 Å². The van der Waals surface area contributed by atoms with Crippen molar-refractivity contribution in [3.8, 4) is 0 Å². The third kappa shape index (κ3) is 3.12. The Kier molecular flexibility index (Phi) is 3.86. The molecule has 0 aliphatic heterocycles. The highest BCUT2D eigenvalue weighted by molar-refractivity contribution is 6.29. The molecule has 19 heavy (non-hydrogen) atoms. The summed E-state index contributed by atoms with van der Waals surface area (Å²) in [6, 6.07) is 11.1. The zero-order valence-electron chi connectivity index (χ0n) is 11.1. The van der Waals surface area contributed by atoms with Gasteiger partial charge in [-0.15, -0.1) is 0 Å². The molecule has 1 amide bonds. The number of amides is 1. The van der Waals surface area contributed by atoms with Gasteiger partial charge in [-0.1, -0.05) is 23.7 Å². The Hall–Kier alpha value is -1.87. The second-order valence-electron chi connectivity index (χ2n) is 4.52. The van der Waals surface area contributed by atoms with Gasteiger partial charge >= 0.3 is 0 Å². The van der Waals surface area contributed by atoms with Gasteiger partial charge in [0.15, 0.2) is 0 Å². The summed E-state index contributed by atoms with van der Waals surface area (Å²) in [5, 5.41) is 0.334. The predicted molar refractivity (Wildman–Crippen MR) is 77.9 cm³/mol. The number of benzene rings is 1. The first-order chi connectivity index (χ1) is 8.97. The van der Waals surface area contributed by atoms with Crippen LogP contribution in [0.3, 0.4) is 0 Å². The first-order valence-electron chi connectivity index (χ1n) is 5.96. The maximum absolute atomic E-state index is 12.4. The number of anilines is 1. The Bertz CT molecular complexity index is 605. The number of pyridine rings is 1. The molecule has 2 aromatic rings. The molecule has 1 aromatic carbocycles. The van der Waals surface area contributed by atoms with E-state index in [1.54, 1.807) is 24.1 Å². The van der Waals surface area contributed by atoms with Crippen molar-refractivity contribution in [3.05, 3.63) is 58.4 Å². The van der Waals surface area contributed by atoms with Crippen LogP contribution in [0.25, 0.3) is 0 Å². The van der Waals surface area contributed by atoms with Crippen LogP contribution in [0.1, 0.15) is 21.6 Å². The molecule has 1 heterocycles. The second kappa shape index (κ2) is 5.41. The number of rotatable bonds is 2. The summed E-state index contributed by atoms with van der Waals surface area (Å²) in [6.45, 7) is 3.81. The van der Waals surface area contributed by atoms with Crippen molar-refractivity contribution < 1.29 is 4.79 Å². The van der Waals surface area contributed by atoms with Crippen LogP contribution in [-0.4, -0.2) is 17.9 Å². The number of halogens is 1. The Morgan fingerprint density at radius 2 is 1.95 bits per heavy atom. The van der Waals surface area contributed by atoms with Crippen LogP contribution < -0.4 is 4.90 Å². The minimum atomic E-state index is -0.0991. The molecule has 0 aliphatic rings. The molecule has 3 nitrogen and oxygen atoms in total. The van der Waals surface area contributed by atoms with Crippen molar-refractivity contribution in [2.45, 2.75) is 13.8 Å². The van der Waals surface area contributed by atoms with E-state index in [1.165, 1.54) is 0 Å². The molecule has 0 saturated heterocycles. The smallest absolute Gasteiger partial charge is 0.258 e. The molecule has 0 radical (unpaired) electrons. The third-order valence-electron chi connectivity index (χ3n) is 2.86. The van der Waals surface area contributed by atoms with Crippen molar-refractivity contribution in [3.63, 3.8) is 0 Å². The van der Waals surface area contributed by atoms with Gasteiger partial charge in [-0.3, -0.25) is 4.79 Å². The number of aromatic nitrogens is 1. The van der Waals surface area contributed by atoms with Gasteiger partial charge < -0.3 is 4.90 Å². The zero-order chi connectivity index (χ0) is 14.0. The maximum atomic E-state index is 12.4. The Balaban J connectivity index is 2.33. The number of carbonyl (C=O) groups excluding carboxylic acids is 1. The topological polar surface area (TPSA) is 33.2 Å². The monoisotopic (exact) mass is 274 g/mol. The number of hydrogen-bond donors (Lipinski definition) is 0. The summed E-state index contributed by atoms with van der Waals surface area (Å²) < 4.78 is 0. The van der Waals surface area contributed by atoms with Crippen molar-refractivity contribution in [2.75, 3.05) is 11.9 Å². The Morgan fingerprint density at radius 3 is 2.58 bits per heavy atom. The zero-order valence-corrected chi connectivity index (χ0v) is 11.9. The summed E-state index contributed by atoms with van der Waals surface area (Å²) in [5.41, 5.74) is 3.24. The van der Waals surface area contributed by atoms with Crippen molar-refractivity contribution in [1.29, 1.82) is 0 Å². The van der Waals surface area contributed by atoms with Crippen LogP contribution in [0, 0.1) is 13.8 Å². The van der Waals surface area contributed by atoms with Gasteiger partial charge in [0.25, 0.3) is 5.91 Å². The van der Waals surface area contributed by atoms with Crippen LogP contribution in [0.15, 0.2) is 36.4 Å². The third-order valence-corrected chi connectivity index (χ3v) is 3.06. The molecule has 0 N–H and O–H groups in total. The lowest BCUT2D eigenvalue weighted by Gasteiger charge is -2.18. The molecule has 0 aliphatic carbocycles. The maximum Gasteiger partial charge on any atom is 0.258 e. The lowest BCUT2D eigenvalue weighted by atomic mass is 10.1. The number of carbonyl (C=O) groups is 1. The van der Waals surface area contributed by atoms with Crippen molar-refractivity contribution in [2.24, 2.45) is 0 Å². The first kappa shape index (κ1) is 13.6. The molecule has 0 unspecified atom stereocenters. The minimum Gasteiger partial charge on any atom is -0.311 e. The summed E-state index contributed by atoms with van der Waals surface area (Å²) in [7, 11) is 1.75.